The number of fused-ring (bicyclic) bond motifs is 2. The molecule has 0 bridgehead atoms. The van der Waals surface area contributed by atoms with Gasteiger partial charge in [0.2, 0.25) is 0 Å². The van der Waals surface area contributed by atoms with Gasteiger partial charge in [-0.1, -0.05) is 12.1 Å². The molecule has 122 valence electrons. The second-order valence-electron chi connectivity index (χ2n) is 5.88. The molecule has 3 heterocycles. The molecule has 0 aliphatic carbocycles. The highest BCUT2D eigenvalue weighted by Crippen LogP contribution is 2.29. The fourth-order valence-electron chi connectivity index (χ4n) is 3.14. The Balaban J connectivity index is 1.69. The van der Waals surface area contributed by atoms with Crippen molar-refractivity contribution in [2.45, 2.75) is 13.3 Å². The molecule has 1 aliphatic rings. The summed E-state index contributed by atoms with van der Waals surface area (Å²) in [7, 11) is 1.92. The minimum atomic E-state index is -0.119. The van der Waals surface area contributed by atoms with Crippen LogP contribution >= 0.6 is 15.9 Å². The molecule has 6 nitrogen and oxygen atoms in total. The maximum Gasteiger partial charge on any atom is 0.292 e. The number of hydrogen-bond acceptors (Lipinski definition) is 4. The van der Waals surface area contributed by atoms with Crippen molar-refractivity contribution in [2.75, 3.05) is 18.6 Å². The van der Waals surface area contributed by atoms with Crippen LogP contribution in [-0.2, 0) is 6.42 Å². The molecular formula is C17H16BrN5O. The summed E-state index contributed by atoms with van der Waals surface area (Å²) in [6.07, 6.45) is 4.32. The number of nitrogens with zero attached hydrogens (tertiary/aromatic N) is 5. The monoisotopic (exact) mass is 385 g/mol. The highest BCUT2D eigenvalue weighted by Gasteiger charge is 2.28. The third-order valence-corrected chi connectivity index (χ3v) is 4.81. The number of anilines is 1. The van der Waals surface area contributed by atoms with Crippen molar-refractivity contribution in [3.8, 4) is 0 Å². The van der Waals surface area contributed by atoms with Crippen LogP contribution in [0, 0.1) is 6.92 Å². The van der Waals surface area contributed by atoms with E-state index in [2.05, 4.69) is 39.0 Å². The average Bonchev–Trinajstić information content (AvgIpc) is 2.98. The maximum atomic E-state index is 12.9. The molecule has 1 aromatic carbocycles. The van der Waals surface area contributed by atoms with Gasteiger partial charge in [0.05, 0.1) is 10.2 Å². The van der Waals surface area contributed by atoms with Crippen LogP contribution < -0.4 is 5.01 Å². The van der Waals surface area contributed by atoms with Crippen LogP contribution in [0.5, 0.6) is 0 Å². The minimum Gasteiger partial charge on any atom is -0.285 e. The molecule has 2 aromatic heterocycles. The Labute approximate surface area is 147 Å². The zero-order valence-corrected chi connectivity index (χ0v) is 15.0. The van der Waals surface area contributed by atoms with E-state index in [1.807, 2.05) is 24.2 Å². The van der Waals surface area contributed by atoms with Gasteiger partial charge in [0.15, 0.2) is 11.3 Å². The standard InChI is InChI=1S/C17H16BrN5O/c1-11-4-3-5-15-13(11)6-7-23(21(15)2)17(24)14-8-16-19-9-12(18)10-22(16)20-14/h3-5,8-10H,6-7H2,1-2H3. The minimum absolute atomic E-state index is 0.119. The summed E-state index contributed by atoms with van der Waals surface area (Å²) in [6, 6.07) is 7.89. The Morgan fingerprint density at radius 3 is 3.00 bits per heavy atom. The lowest BCUT2D eigenvalue weighted by atomic mass is 10.0. The van der Waals surface area contributed by atoms with E-state index in [0.29, 0.717) is 17.9 Å². The topological polar surface area (TPSA) is 53.7 Å². The van der Waals surface area contributed by atoms with Gasteiger partial charge >= 0.3 is 0 Å². The van der Waals surface area contributed by atoms with Gasteiger partial charge in [0.1, 0.15) is 0 Å². The summed E-state index contributed by atoms with van der Waals surface area (Å²) in [4.78, 5) is 17.2. The number of carbonyl (C=O) groups excluding carboxylic acids is 1. The second kappa shape index (κ2) is 5.59. The molecule has 0 saturated heterocycles. The zero-order valence-electron chi connectivity index (χ0n) is 13.4. The molecule has 1 aliphatic heterocycles. The molecule has 3 aromatic rings. The Bertz CT molecular complexity index is 951. The lowest BCUT2D eigenvalue weighted by Crippen LogP contribution is -2.48. The van der Waals surface area contributed by atoms with Crippen LogP contribution in [0.2, 0.25) is 0 Å². The molecule has 0 atom stereocenters. The molecule has 24 heavy (non-hydrogen) atoms. The first-order chi connectivity index (χ1) is 11.5. The third kappa shape index (κ3) is 2.36. The SMILES string of the molecule is Cc1cccc2c1CCN(C(=O)c1cc3ncc(Br)cn3n1)N2C. The summed E-state index contributed by atoms with van der Waals surface area (Å²) >= 11 is 3.36. The Kier molecular flexibility index (Phi) is 3.53. The average molecular weight is 386 g/mol. The van der Waals surface area contributed by atoms with Crippen LogP contribution in [0.3, 0.4) is 0 Å². The number of hydrazine groups is 1. The van der Waals surface area contributed by atoms with Crippen LogP contribution in [0.25, 0.3) is 5.65 Å². The van der Waals surface area contributed by atoms with Crippen molar-refractivity contribution in [3.63, 3.8) is 0 Å². The zero-order chi connectivity index (χ0) is 16.8. The van der Waals surface area contributed by atoms with Crippen molar-refractivity contribution in [3.05, 3.63) is 58.0 Å². The maximum absolute atomic E-state index is 12.9. The van der Waals surface area contributed by atoms with E-state index in [9.17, 15) is 4.79 Å². The molecule has 7 heteroatoms. The van der Waals surface area contributed by atoms with Gasteiger partial charge in [-0.2, -0.15) is 5.10 Å². The molecule has 0 spiro atoms. The first kappa shape index (κ1) is 15.1. The highest BCUT2D eigenvalue weighted by atomic mass is 79.9. The van der Waals surface area contributed by atoms with Crippen LogP contribution in [-0.4, -0.2) is 39.1 Å². The van der Waals surface area contributed by atoms with E-state index in [4.69, 9.17) is 0 Å². The van der Waals surface area contributed by atoms with Crippen molar-refractivity contribution in [1.29, 1.82) is 0 Å². The molecule has 0 radical (unpaired) electrons. The number of carbonyl (C=O) groups is 1. The first-order valence-electron chi connectivity index (χ1n) is 7.69. The Morgan fingerprint density at radius 2 is 2.17 bits per heavy atom. The van der Waals surface area contributed by atoms with Gasteiger partial charge in [-0.15, -0.1) is 0 Å². The van der Waals surface area contributed by atoms with Gasteiger partial charge in [-0.05, 0) is 46.5 Å². The molecule has 0 fully saturated rings. The van der Waals surface area contributed by atoms with E-state index in [0.717, 1.165) is 16.6 Å². The Hall–Kier alpha value is -2.41. The lowest BCUT2D eigenvalue weighted by molar-refractivity contribution is 0.0732. The number of aryl methyl sites for hydroxylation is 1. The normalized spacial score (nSPS) is 14.1. The van der Waals surface area contributed by atoms with Crippen molar-refractivity contribution < 1.29 is 4.79 Å². The number of benzene rings is 1. The van der Waals surface area contributed by atoms with E-state index in [1.165, 1.54) is 11.1 Å². The van der Waals surface area contributed by atoms with Crippen molar-refractivity contribution >= 4 is 33.2 Å². The van der Waals surface area contributed by atoms with Gasteiger partial charge in [0, 0.05) is 32.1 Å². The Morgan fingerprint density at radius 1 is 1.33 bits per heavy atom. The summed E-state index contributed by atoms with van der Waals surface area (Å²) in [5.74, 6) is -0.119. The quantitative estimate of drug-likeness (QED) is 0.646. The predicted octanol–water partition coefficient (Wildman–Crippen LogP) is 2.85. The summed E-state index contributed by atoms with van der Waals surface area (Å²) in [5, 5.41) is 8.02. The second-order valence-corrected chi connectivity index (χ2v) is 6.79. The largest absolute Gasteiger partial charge is 0.292 e. The number of aromatic nitrogens is 3. The lowest BCUT2D eigenvalue weighted by Gasteiger charge is -2.38. The fraction of sp³-hybridized carbons (Fsp3) is 0.235. The molecule has 4 rings (SSSR count). The fourth-order valence-corrected chi connectivity index (χ4v) is 3.44. The smallest absolute Gasteiger partial charge is 0.285 e. The number of hydrogen-bond donors (Lipinski definition) is 0. The molecule has 0 N–H and O–H groups in total. The van der Waals surface area contributed by atoms with Gasteiger partial charge < -0.3 is 0 Å². The van der Waals surface area contributed by atoms with Crippen LogP contribution in [0.15, 0.2) is 41.1 Å². The summed E-state index contributed by atoms with van der Waals surface area (Å²) < 4.78 is 2.43. The van der Waals surface area contributed by atoms with Crippen LogP contribution in [0.1, 0.15) is 21.6 Å². The van der Waals surface area contributed by atoms with E-state index in [1.54, 1.807) is 28.0 Å². The highest BCUT2D eigenvalue weighted by molar-refractivity contribution is 9.10. The van der Waals surface area contributed by atoms with E-state index in [-0.39, 0.29) is 5.91 Å². The first-order valence-corrected chi connectivity index (χ1v) is 8.49. The summed E-state index contributed by atoms with van der Waals surface area (Å²) in [6.45, 7) is 2.74. The number of amides is 1. The van der Waals surface area contributed by atoms with Gasteiger partial charge in [-0.3, -0.25) is 9.80 Å². The number of halogens is 1. The van der Waals surface area contributed by atoms with Gasteiger partial charge in [-0.25, -0.2) is 14.5 Å². The van der Waals surface area contributed by atoms with E-state index >= 15 is 0 Å². The molecule has 0 unspecified atom stereocenters. The van der Waals surface area contributed by atoms with E-state index < -0.39 is 0 Å². The van der Waals surface area contributed by atoms with Crippen molar-refractivity contribution in [1.82, 2.24) is 19.6 Å². The predicted molar refractivity (Wildman–Crippen MR) is 95.0 cm³/mol. The molecule has 1 amide bonds. The number of rotatable bonds is 1. The third-order valence-electron chi connectivity index (χ3n) is 4.41. The van der Waals surface area contributed by atoms with Crippen molar-refractivity contribution in [2.24, 2.45) is 0 Å². The summed E-state index contributed by atoms with van der Waals surface area (Å²) in [5.41, 5.74) is 4.66. The molecular weight excluding hydrogens is 370 g/mol. The van der Waals surface area contributed by atoms with Crippen LogP contribution in [0.4, 0.5) is 5.69 Å². The van der Waals surface area contributed by atoms with Gasteiger partial charge in [0.25, 0.3) is 5.91 Å². The molecule has 0 saturated carbocycles.